The third-order valence-electron chi connectivity index (χ3n) is 8.13. The van der Waals surface area contributed by atoms with Gasteiger partial charge in [0.1, 0.15) is 12.3 Å². The molecule has 2 aliphatic heterocycles. The van der Waals surface area contributed by atoms with Crippen molar-refractivity contribution in [3.05, 3.63) is 70.8 Å². The van der Waals surface area contributed by atoms with Gasteiger partial charge < -0.3 is 20.4 Å². The number of likely N-dealkylation sites (tertiary alicyclic amines) is 1. The summed E-state index contributed by atoms with van der Waals surface area (Å²) in [5, 5.41) is 24.4. The van der Waals surface area contributed by atoms with Crippen molar-refractivity contribution in [2.75, 3.05) is 6.54 Å². The molecule has 2 fully saturated rings. The second kappa shape index (κ2) is 10.3. The van der Waals surface area contributed by atoms with Crippen molar-refractivity contribution in [2.24, 2.45) is 5.92 Å². The fraction of sp³-hybridized carbons (Fsp3) is 0.517. The first-order valence-electron chi connectivity index (χ1n) is 13.2. The van der Waals surface area contributed by atoms with Crippen LogP contribution in [0.1, 0.15) is 73.9 Å². The first-order chi connectivity index (χ1) is 17.3. The number of aliphatic hydroxyl groups excluding tert-OH is 2. The first-order valence-corrected chi connectivity index (χ1v) is 13.2. The lowest BCUT2D eigenvalue weighted by molar-refractivity contribution is -0.149. The van der Waals surface area contributed by atoms with Crippen molar-refractivity contribution in [2.45, 2.75) is 83.0 Å². The Morgan fingerprint density at radius 2 is 1.78 bits per heavy atom. The highest BCUT2D eigenvalue weighted by molar-refractivity contribution is 5.90. The molecule has 1 aliphatic carbocycles. The summed E-state index contributed by atoms with van der Waals surface area (Å²) < 4.78 is 0. The monoisotopic (exact) mass is 491 g/mol. The molecular formula is C29H37N3O4. The molecule has 7 heteroatoms. The average molecular weight is 492 g/mol. The summed E-state index contributed by atoms with van der Waals surface area (Å²) in [6, 6.07) is 14.7. The molecule has 36 heavy (non-hydrogen) atoms. The smallest absolute Gasteiger partial charge is 0.243 e. The highest BCUT2D eigenvalue weighted by Gasteiger charge is 2.46. The Morgan fingerprint density at radius 1 is 1.06 bits per heavy atom. The van der Waals surface area contributed by atoms with Gasteiger partial charge >= 0.3 is 0 Å². The number of amides is 2. The molecule has 2 heterocycles. The van der Waals surface area contributed by atoms with Crippen LogP contribution >= 0.6 is 0 Å². The maximum absolute atomic E-state index is 13.8. The highest BCUT2D eigenvalue weighted by Crippen LogP contribution is 2.37. The van der Waals surface area contributed by atoms with Crippen LogP contribution < -0.4 is 5.32 Å². The van der Waals surface area contributed by atoms with Gasteiger partial charge in [-0.05, 0) is 46.9 Å². The Kier molecular flexibility index (Phi) is 7.15. The number of hydrogen-bond donors (Lipinski definition) is 3. The fourth-order valence-electron chi connectivity index (χ4n) is 5.88. The molecule has 1 saturated carbocycles. The van der Waals surface area contributed by atoms with E-state index in [1.807, 2.05) is 38.1 Å². The van der Waals surface area contributed by atoms with Gasteiger partial charge in [-0.1, -0.05) is 68.8 Å². The summed E-state index contributed by atoms with van der Waals surface area (Å²) in [6.45, 7) is 4.87. The molecule has 0 aromatic heterocycles. The number of nitrogens with zero attached hydrogens (tertiary/aromatic N) is 2. The van der Waals surface area contributed by atoms with Gasteiger partial charge in [-0.2, -0.15) is 0 Å². The van der Waals surface area contributed by atoms with Crippen LogP contribution in [-0.4, -0.2) is 56.6 Å². The number of benzene rings is 2. The van der Waals surface area contributed by atoms with E-state index < -0.39 is 24.4 Å². The zero-order valence-corrected chi connectivity index (χ0v) is 21.1. The molecule has 4 atom stereocenters. The van der Waals surface area contributed by atoms with Crippen LogP contribution in [0.2, 0.25) is 0 Å². The number of β-amino-alcohol motifs (C(OH)–C–C–N with tert-alkyl or cyclic N) is 1. The quantitative estimate of drug-likeness (QED) is 0.554. The van der Waals surface area contributed by atoms with Crippen molar-refractivity contribution in [1.82, 2.24) is 15.1 Å². The van der Waals surface area contributed by atoms with E-state index in [-0.39, 0.29) is 30.7 Å². The van der Waals surface area contributed by atoms with Crippen LogP contribution in [0, 0.1) is 5.92 Å². The SMILES string of the molecule is CC(C)[C@@H](C(=O)N1C[C@H](O)C[C@H]1C(=O)NCc1ccc(C2CCC2)cc1)N1Cc2ccccc2C1O. The van der Waals surface area contributed by atoms with Gasteiger partial charge in [0.15, 0.2) is 0 Å². The van der Waals surface area contributed by atoms with E-state index in [0.717, 1.165) is 16.7 Å². The zero-order chi connectivity index (χ0) is 25.4. The molecule has 2 amide bonds. The second-order valence-electron chi connectivity index (χ2n) is 10.9. The van der Waals surface area contributed by atoms with Crippen LogP contribution in [0.3, 0.4) is 0 Å². The first kappa shape index (κ1) is 24.9. The summed E-state index contributed by atoms with van der Waals surface area (Å²) in [5.74, 6) is 0.107. The van der Waals surface area contributed by atoms with Crippen LogP contribution in [0.4, 0.5) is 0 Å². The highest BCUT2D eigenvalue weighted by atomic mass is 16.3. The number of aliphatic hydroxyl groups is 2. The van der Waals surface area contributed by atoms with E-state index in [2.05, 4.69) is 29.6 Å². The standard InChI is InChI=1S/C29H37N3O4/c1-18(2)26(32-16-22-6-3-4-9-24(22)28(32)35)29(36)31-17-23(33)14-25(31)27(34)30-15-19-10-12-21(13-11-19)20-7-5-8-20/h3-4,6,9-13,18,20,23,25-26,28,33,35H,5,7-8,14-17H2,1-2H3,(H,30,34)/t23-,25+,26+,28?/m1/s1. The molecule has 3 N–H and O–H groups in total. The summed E-state index contributed by atoms with van der Waals surface area (Å²) in [4.78, 5) is 30.3. The Bertz CT molecular complexity index is 1100. The second-order valence-corrected chi connectivity index (χ2v) is 10.9. The fourth-order valence-corrected chi connectivity index (χ4v) is 5.88. The van der Waals surface area contributed by atoms with E-state index >= 15 is 0 Å². The molecule has 0 spiro atoms. The maximum atomic E-state index is 13.8. The number of nitrogens with one attached hydrogen (secondary N) is 1. The third kappa shape index (κ3) is 4.80. The molecule has 1 unspecified atom stereocenters. The van der Waals surface area contributed by atoms with Crippen LogP contribution in [0.25, 0.3) is 0 Å². The molecule has 2 aromatic carbocycles. The van der Waals surface area contributed by atoms with Crippen molar-refractivity contribution in [3.8, 4) is 0 Å². The van der Waals surface area contributed by atoms with Gasteiger partial charge in [0.2, 0.25) is 11.8 Å². The molecule has 3 aliphatic rings. The molecule has 2 aromatic rings. The molecule has 5 rings (SSSR count). The lowest BCUT2D eigenvalue weighted by atomic mass is 9.80. The minimum atomic E-state index is -0.875. The predicted octanol–water partition coefficient (Wildman–Crippen LogP) is 3.06. The Balaban J connectivity index is 1.26. The van der Waals surface area contributed by atoms with Gasteiger partial charge in [0, 0.05) is 26.1 Å². The molecule has 0 bridgehead atoms. The van der Waals surface area contributed by atoms with E-state index in [1.54, 1.807) is 4.90 Å². The van der Waals surface area contributed by atoms with Crippen molar-refractivity contribution < 1.29 is 19.8 Å². The Hall–Kier alpha value is -2.74. The minimum Gasteiger partial charge on any atom is -0.391 e. The average Bonchev–Trinajstić information content (AvgIpc) is 3.37. The predicted molar refractivity (Wildman–Crippen MR) is 137 cm³/mol. The number of carbonyl (C=O) groups excluding carboxylic acids is 2. The normalized spacial score (nSPS) is 25.0. The Morgan fingerprint density at radius 3 is 2.42 bits per heavy atom. The molecular weight excluding hydrogens is 454 g/mol. The van der Waals surface area contributed by atoms with Gasteiger partial charge in [0.05, 0.1) is 12.1 Å². The molecule has 0 radical (unpaired) electrons. The van der Waals surface area contributed by atoms with Crippen LogP contribution in [0.5, 0.6) is 0 Å². The number of rotatable bonds is 7. The van der Waals surface area contributed by atoms with E-state index in [4.69, 9.17) is 0 Å². The molecule has 1 saturated heterocycles. The molecule has 7 nitrogen and oxygen atoms in total. The summed E-state index contributed by atoms with van der Waals surface area (Å²) in [7, 11) is 0. The van der Waals surface area contributed by atoms with E-state index in [9.17, 15) is 19.8 Å². The third-order valence-corrected chi connectivity index (χ3v) is 8.13. The topological polar surface area (TPSA) is 93.1 Å². The van der Waals surface area contributed by atoms with Gasteiger partial charge in [0.25, 0.3) is 0 Å². The summed E-state index contributed by atoms with van der Waals surface area (Å²) >= 11 is 0. The zero-order valence-electron chi connectivity index (χ0n) is 21.1. The van der Waals surface area contributed by atoms with E-state index in [1.165, 1.54) is 29.7 Å². The number of fused-ring (bicyclic) bond motifs is 1. The van der Waals surface area contributed by atoms with Crippen molar-refractivity contribution >= 4 is 11.8 Å². The van der Waals surface area contributed by atoms with E-state index in [0.29, 0.717) is 19.0 Å². The van der Waals surface area contributed by atoms with Gasteiger partial charge in [-0.25, -0.2) is 0 Å². The lowest BCUT2D eigenvalue weighted by Gasteiger charge is -2.36. The lowest BCUT2D eigenvalue weighted by Crippen LogP contribution is -2.54. The van der Waals surface area contributed by atoms with Crippen molar-refractivity contribution in [1.29, 1.82) is 0 Å². The van der Waals surface area contributed by atoms with Crippen molar-refractivity contribution in [3.63, 3.8) is 0 Å². The summed E-state index contributed by atoms with van der Waals surface area (Å²) in [5.41, 5.74) is 4.19. The van der Waals surface area contributed by atoms with Gasteiger partial charge in [-0.3, -0.25) is 14.5 Å². The maximum Gasteiger partial charge on any atom is 0.243 e. The number of carbonyl (C=O) groups is 2. The van der Waals surface area contributed by atoms with Crippen LogP contribution in [0.15, 0.2) is 48.5 Å². The van der Waals surface area contributed by atoms with Crippen LogP contribution in [-0.2, 0) is 22.7 Å². The molecule has 192 valence electrons. The minimum absolute atomic E-state index is 0.0860. The van der Waals surface area contributed by atoms with Gasteiger partial charge in [-0.15, -0.1) is 0 Å². The Labute approximate surface area is 213 Å². The number of hydrogen-bond acceptors (Lipinski definition) is 5. The largest absolute Gasteiger partial charge is 0.391 e. The summed E-state index contributed by atoms with van der Waals surface area (Å²) in [6.07, 6.45) is 2.39.